The molecule has 0 unspecified atom stereocenters. The summed E-state index contributed by atoms with van der Waals surface area (Å²) in [6.45, 7) is 7.24. The summed E-state index contributed by atoms with van der Waals surface area (Å²) in [5.41, 5.74) is 2.58. The molecule has 0 saturated carbocycles. The Kier molecular flexibility index (Phi) is 3.91. The number of piperazine rings is 1. The molecule has 1 saturated heterocycles. The Bertz CT molecular complexity index is 874. The number of H-pyrrole nitrogens is 1. The molecule has 0 bridgehead atoms. The second-order valence-corrected chi connectivity index (χ2v) is 6.66. The van der Waals surface area contributed by atoms with Crippen LogP contribution < -0.4 is 4.90 Å². The van der Waals surface area contributed by atoms with Gasteiger partial charge in [-0.3, -0.25) is 4.79 Å². The van der Waals surface area contributed by atoms with Crippen LogP contribution in [0.2, 0.25) is 0 Å². The molecule has 3 aromatic rings. The van der Waals surface area contributed by atoms with Crippen LogP contribution in [0.4, 0.5) is 5.82 Å². The number of hydrogen-bond acceptors (Lipinski definition) is 4. The highest BCUT2D eigenvalue weighted by atomic mass is 16.2. The second kappa shape index (κ2) is 6.23. The lowest BCUT2D eigenvalue weighted by atomic mass is 10.1. The Labute approximate surface area is 146 Å². The highest BCUT2D eigenvalue weighted by Crippen LogP contribution is 2.23. The van der Waals surface area contributed by atoms with Crippen molar-refractivity contribution in [2.45, 2.75) is 19.8 Å². The Morgan fingerprint density at radius 1 is 1.20 bits per heavy atom. The summed E-state index contributed by atoms with van der Waals surface area (Å²) < 4.78 is 1.88. The number of nitrogens with zero attached hydrogens (tertiary/aromatic N) is 5. The molecule has 4 heterocycles. The molecule has 0 aliphatic carbocycles. The third kappa shape index (κ3) is 2.86. The Balaban J connectivity index is 1.55. The minimum atomic E-state index is 0.0616. The van der Waals surface area contributed by atoms with E-state index in [0.717, 1.165) is 30.2 Å². The van der Waals surface area contributed by atoms with Gasteiger partial charge in [-0.05, 0) is 18.1 Å². The van der Waals surface area contributed by atoms with E-state index in [-0.39, 0.29) is 5.91 Å². The molecule has 4 rings (SSSR count). The van der Waals surface area contributed by atoms with Crippen molar-refractivity contribution in [1.29, 1.82) is 0 Å². The van der Waals surface area contributed by atoms with Crippen molar-refractivity contribution in [3.8, 4) is 0 Å². The van der Waals surface area contributed by atoms with E-state index in [1.54, 1.807) is 12.4 Å². The number of aromatic nitrogens is 4. The molecule has 130 valence electrons. The molecule has 7 nitrogen and oxygen atoms in total. The first-order valence-electron chi connectivity index (χ1n) is 8.66. The van der Waals surface area contributed by atoms with E-state index in [2.05, 4.69) is 39.9 Å². The normalized spacial score (nSPS) is 15.3. The van der Waals surface area contributed by atoms with Crippen LogP contribution >= 0.6 is 0 Å². The number of anilines is 1. The van der Waals surface area contributed by atoms with E-state index in [4.69, 9.17) is 0 Å². The molecular weight excluding hydrogens is 316 g/mol. The van der Waals surface area contributed by atoms with Gasteiger partial charge in [-0.2, -0.15) is 9.61 Å². The van der Waals surface area contributed by atoms with Crippen LogP contribution in [-0.4, -0.2) is 56.6 Å². The second-order valence-electron chi connectivity index (χ2n) is 6.66. The van der Waals surface area contributed by atoms with Gasteiger partial charge in [-0.1, -0.05) is 13.8 Å². The van der Waals surface area contributed by atoms with Gasteiger partial charge in [0.05, 0.1) is 6.20 Å². The standard InChI is InChI=1S/C18H22N6O/c1-13(2)15-12-17(24-16(21-15)5-7-20-24)22-8-10-23(11-9-22)18(25)14-4-3-6-19-14/h3-7,12-13,19H,8-11H2,1-2H3. The molecular formula is C18H22N6O. The monoisotopic (exact) mass is 338 g/mol. The van der Waals surface area contributed by atoms with Crippen molar-refractivity contribution in [3.05, 3.63) is 48.0 Å². The third-order valence-corrected chi connectivity index (χ3v) is 4.67. The van der Waals surface area contributed by atoms with Crippen molar-refractivity contribution < 1.29 is 4.79 Å². The van der Waals surface area contributed by atoms with Crippen molar-refractivity contribution in [3.63, 3.8) is 0 Å². The predicted octanol–water partition coefficient (Wildman–Crippen LogP) is 2.14. The summed E-state index contributed by atoms with van der Waals surface area (Å²) in [5.74, 6) is 1.46. The third-order valence-electron chi connectivity index (χ3n) is 4.67. The van der Waals surface area contributed by atoms with Crippen LogP contribution in [0.3, 0.4) is 0 Å². The molecule has 0 atom stereocenters. The summed E-state index contributed by atoms with van der Waals surface area (Å²) in [5, 5.41) is 4.42. The quantitative estimate of drug-likeness (QED) is 0.794. The van der Waals surface area contributed by atoms with Crippen molar-refractivity contribution >= 4 is 17.4 Å². The van der Waals surface area contributed by atoms with Crippen LogP contribution in [0.5, 0.6) is 0 Å². The number of rotatable bonds is 3. The van der Waals surface area contributed by atoms with Crippen LogP contribution in [0.1, 0.15) is 35.9 Å². The summed E-state index contributed by atoms with van der Waals surface area (Å²) in [6.07, 6.45) is 3.56. The Morgan fingerprint density at radius 3 is 2.68 bits per heavy atom. The summed E-state index contributed by atoms with van der Waals surface area (Å²) in [6, 6.07) is 7.72. The molecule has 0 spiro atoms. The minimum Gasteiger partial charge on any atom is -0.357 e. The van der Waals surface area contributed by atoms with E-state index in [1.165, 1.54) is 0 Å². The minimum absolute atomic E-state index is 0.0616. The molecule has 1 amide bonds. The highest BCUT2D eigenvalue weighted by Gasteiger charge is 2.24. The number of aromatic amines is 1. The smallest absolute Gasteiger partial charge is 0.270 e. The zero-order valence-electron chi connectivity index (χ0n) is 14.5. The zero-order chi connectivity index (χ0) is 17.4. The van der Waals surface area contributed by atoms with Crippen molar-refractivity contribution in [2.24, 2.45) is 0 Å². The van der Waals surface area contributed by atoms with E-state index >= 15 is 0 Å². The lowest BCUT2D eigenvalue weighted by Gasteiger charge is -2.36. The SMILES string of the molecule is CC(C)c1cc(N2CCN(C(=O)c3ccc[nH]3)CC2)n2nccc2n1. The maximum atomic E-state index is 12.5. The van der Waals surface area contributed by atoms with Gasteiger partial charge >= 0.3 is 0 Å². The first-order valence-corrected chi connectivity index (χ1v) is 8.66. The van der Waals surface area contributed by atoms with Crippen LogP contribution in [0.15, 0.2) is 36.7 Å². The van der Waals surface area contributed by atoms with Crippen LogP contribution in [-0.2, 0) is 0 Å². The van der Waals surface area contributed by atoms with Gasteiger partial charge in [-0.15, -0.1) is 0 Å². The lowest BCUT2D eigenvalue weighted by Crippen LogP contribution is -2.49. The fraction of sp³-hybridized carbons (Fsp3) is 0.389. The first kappa shape index (κ1) is 15.7. The molecule has 0 radical (unpaired) electrons. The maximum absolute atomic E-state index is 12.5. The molecule has 3 aromatic heterocycles. The van der Waals surface area contributed by atoms with Gasteiger partial charge in [0, 0.05) is 50.2 Å². The fourth-order valence-corrected chi connectivity index (χ4v) is 3.21. The average Bonchev–Trinajstić information content (AvgIpc) is 3.31. The zero-order valence-corrected chi connectivity index (χ0v) is 14.5. The highest BCUT2D eigenvalue weighted by molar-refractivity contribution is 5.92. The molecule has 1 fully saturated rings. The number of fused-ring (bicyclic) bond motifs is 1. The molecule has 7 heteroatoms. The number of carbonyl (C=O) groups is 1. The summed E-state index contributed by atoms with van der Waals surface area (Å²) in [4.78, 5) is 24.3. The molecule has 1 aliphatic heterocycles. The molecule has 25 heavy (non-hydrogen) atoms. The first-order chi connectivity index (χ1) is 12.1. The predicted molar refractivity (Wildman–Crippen MR) is 96.0 cm³/mol. The van der Waals surface area contributed by atoms with Crippen LogP contribution in [0.25, 0.3) is 5.65 Å². The van der Waals surface area contributed by atoms with Crippen molar-refractivity contribution in [1.82, 2.24) is 24.5 Å². The average molecular weight is 338 g/mol. The molecule has 1 aliphatic rings. The largest absolute Gasteiger partial charge is 0.357 e. The summed E-state index contributed by atoms with van der Waals surface area (Å²) >= 11 is 0. The van der Waals surface area contributed by atoms with Gasteiger partial charge in [0.2, 0.25) is 0 Å². The number of amides is 1. The number of carbonyl (C=O) groups excluding carboxylic acids is 1. The Morgan fingerprint density at radius 2 is 2.00 bits per heavy atom. The van der Waals surface area contributed by atoms with E-state index in [1.807, 2.05) is 27.6 Å². The van der Waals surface area contributed by atoms with Gasteiger partial charge < -0.3 is 14.8 Å². The van der Waals surface area contributed by atoms with Gasteiger partial charge in [0.1, 0.15) is 11.5 Å². The van der Waals surface area contributed by atoms with Gasteiger partial charge in [-0.25, -0.2) is 4.98 Å². The lowest BCUT2D eigenvalue weighted by molar-refractivity contribution is 0.0741. The van der Waals surface area contributed by atoms with E-state index in [9.17, 15) is 4.79 Å². The molecule has 1 N–H and O–H groups in total. The summed E-state index contributed by atoms with van der Waals surface area (Å²) in [7, 11) is 0. The van der Waals surface area contributed by atoms with Gasteiger partial charge in [0.25, 0.3) is 5.91 Å². The fourth-order valence-electron chi connectivity index (χ4n) is 3.21. The maximum Gasteiger partial charge on any atom is 0.270 e. The van der Waals surface area contributed by atoms with E-state index < -0.39 is 0 Å². The topological polar surface area (TPSA) is 69.5 Å². The van der Waals surface area contributed by atoms with Crippen LogP contribution in [0, 0.1) is 0 Å². The molecule has 0 aromatic carbocycles. The van der Waals surface area contributed by atoms with E-state index in [0.29, 0.717) is 24.7 Å². The van der Waals surface area contributed by atoms with Crippen molar-refractivity contribution in [2.75, 3.05) is 31.1 Å². The van der Waals surface area contributed by atoms with Gasteiger partial charge in [0.15, 0.2) is 5.65 Å². The Hall–Kier alpha value is -2.83. The number of hydrogen-bond donors (Lipinski definition) is 1. The number of nitrogens with one attached hydrogen (secondary N) is 1.